The zero-order chi connectivity index (χ0) is 12.4. The van der Waals surface area contributed by atoms with Crippen molar-refractivity contribution in [2.75, 3.05) is 6.26 Å². The number of carboxylic acids is 1. The van der Waals surface area contributed by atoms with E-state index in [9.17, 15) is 9.90 Å². The lowest BCUT2D eigenvalue weighted by molar-refractivity contribution is -0.254. The van der Waals surface area contributed by atoms with Crippen LogP contribution in [0.25, 0.3) is 11.1 Å². The lowest BCUT2D eigenvalue weighted by atomic mass is 10.1. The Morgan fingerprint density at radius 1 is 1.35 bits per heavy atom. The molecular weight excluding hydrogens is 276 g/mol. The van der Waals surface area contributed by atoms with Crippen molar-refractivity contribution in [2.24, 2.45) is 0 Å². The van der Waals surface area contributed by atoms with E-state index in [4.69, 9.17) is 11.6 Å². The van der Waals surface area contributed by atoms with Gasteiger partial charge >= 0.3 is 0 Å². The zero-order valence-corrected chi connectivity index (χ0v) is 11.3. The summed E-state index contributed by atoms with van der Waals surface area (Å²) < 4.78 is 0.953. The minimum absolute atomic E-state index is 0.261. The molecule has 0 N–H and O–H groups in total. The van der Waals surface area contributed by atoms with Gasteiger partial charge < -0.3 is 9.90 Å². The Balaban J connectivity index is 2.53. The Morgan fingerprint density at radius 2 is 2.00 bits per heavy atom. The summed E-state index contributed by atoms with van der Waals surface area (Å²) in [4.78, 5) is 11.3. The number of aromatic carboxylic acids is 1. The standard InChI is InChI=1S/C12H9ClO2S2/c1-16-10-6-9(11(17-10)12(14)15)7-2-4-8(13)5-3-7/h2-6H,1H3,(H,14,15)/p-1. The third-order valence-corrected chi connectivity index (χ3v) is 4.68. The van der Waals surface area contributed by atoms with E-state index >= 15 is 0 Å². The van der Waals surface area contributed by atoms with Gasteiger partial charge in [0, 0.05) is 10.6 Å². The molecule has 0 fully saturated rings. The van der Waals surface area contributed by atoms with Crippen molar-refractivity contribution in [2.45, 2.75) is 4.21 Å². The van der Waals surface area contributed by atoms with Gasteiger partial charge in [0.15, 0.2) is 0 Å². The molecular formula is C12H8ClO2S2-. The van der Waals surface area contributed by atoms with Crippen LogP contribution in [0.3, 0.4) is 0 Å². The van der Waals surface area contributed by atoms with Crippen LogP contribution in [0.15, 0.2) is 34.5 Å². The molecule has 5 heteroatoms. The maximum absolute atomic E-state index is 11.1. The van der Waals surface area contributed by atoms with Crippen LogP contribution in [0.5, 0.6) is 0 Å². The maximum atomic E-state index is 11.1. The van der Waals surface area contributed by atoms with E-state index < -0.39 is 5.97 Å². The number of carbonyl (C=O) groups is 1. The van der Waals surface area contributed by atoms with Crippen LogP contribution in [0.2, 0.25) is 5.02 Å². The van der Waals surface area contributed by atoms with E-state index in [0.29, 0.717) is 10.6 Å². The van der Waals surface area contributed by atoms with Gasteiger partial charge in [-0.25, -0.2) is 0 Å². The molecule has 17 heavy (non-hydrogen) atoms. The average molecular weight is 284 g/mol. The summed E-state index contributed by atoms with van der Waals surface area (Å²) >= 11 is 8.56. The molecule has 0 saturated carbocycles. The highest BCUT2D eigenvalue weighted by molar-refractivity contribution is 8.00. The Hall–Kier alpha value is -0.970. The Labute approximate surface area is 112 Å². The number of thiophene rings is 1. The van der Waals surface area contributed by atoms with Crippen molar-refractivity contribution in [3.8, 4) is 11.1 Å². The van der Waals surface area contributed by atoms with Crippen molar-refractivity contribution >= 4 is 40.7 Å². The molecule has 0 aliphatic carbocycles. The van der Waals surface area contributed by atoms with Gasteiger partial charge in [-0.2, -0.15) is 0 Å². The van der Waals surface area contributed by atoms with Crippen molar-refractivity contribution in [1.82, 2.24) is 0 Å². The van der Waals surface area contributed by atoms with E-state index in [-0.39, 0.29) is 4.88 Å². The second-order valence-corrected chi connectivity index (χ2v) is 5.90. The minimum atomic E-state index is -1.14. The fourth-order valence-corrected chi connectivity index (χ4v) is 3.16. The van der Waals surface area contributed by atoms with E-state index in [1.807, 2.05) is 12.3 Å². The second kappa shape index (κ2) is 5.12. The Morgan fingerprint density at radius 3 is 2.53 bits per heavy atom. The quantitative estimate of drug-likeness (QED) is 0.813. The summed E-state index contributed by atoms with van der Waals surface area (Å²) in [6.07, 6.45) is 1.91. The van der Waals surface area contributed by atoms with Gasteiger partial charge in [-0.1, -0.05) is 23.7 Å². The number of hydrogen-bond acceptors (Lipinski definition) is 4. The first-order valence-corrected chi connectivity index (χ1v) is 7.19. The smallest absolute Gasteiger partial charge is 0.0822 e. The van der Waals surface area contributed by atoms with Crippen LogP contribution in [0.4, 0.5) is 0 Å². The molecule has 0 aliphatic rings. The molecule has 0 aliphatic heterocycles. The largest absolute Gasteiger partial charge is 0.544 e. The predicted molar refractivity (Wildman–Crippen MR) is 70.9 cm³/mol. The highest BCUT2D eigenvalue weighted by Crippen LogP contribution is 2.35. The summed E-state index contributed by atoms with van der Waals surface area (Å²) in [5.41, 5.74) is 1.53. The maximum Gasteiger partial charge on any atom is 0.0822 e. The number of hydrogen-bond donors (Lipinski definition) is 0. The first-order valence-electron chi connectivity index (χ1n) is 4.77. The molecule has 88 valence electrons. The van der Waals surface area contributed by atoms with Gasteiger partial charge in [-0.15, -0.1) is 23.1 Å². The van der Waals surface area contributed by atoms with Crippen molar-refractivity contribution in [3.63, 3.8) is 0 Å². The molecule has 1 aromatic heterocycles. The molecule has 2 nitrogen and oxygen atoms in total. The molecule has 0 saturated heterocycles. The number of carbonyl (C=O) groups excluding carboxylic acids is 1. The zero-order valence-electron chi connectivity index (χ0n) is 8.90. The van der Waals surface area contributed by atoms with Crippen molar-refractivity contribution in [3.05, 3.63) is 40.2 Å². The molecule has 2 rings (SSSR count). The summed E-state index contributed by atoms with van der Waals surface area (Å²) in [6.45, 7) is 0. The monoisotopic (exact) mass is 283 g/mol. The van der Waals surface area contributed by atoms with E-state index in [2.05, 4.69) is 0 Å². The first-order chi connectivity index (χ1) is 8.11. The molecule has 0 unspecified atom stereocenters. The molecule has 0 spiro atoms. The lowest BCUT2D eigenvalue weighted by Crippen LogP contribution is -2.21. The molecule has 1 heterocycles. The van der Waals surface area contributed by atoms with Crippen LogP contribution in [-0.4, -0.2) is 12.2 Å². The normalized spacial score (nSPS) is 10.5. The average Bonchev–Trinajstić information content (AvgIpc) is 2.74. The van der Waals surface area contributed by atoms with Crippen molar-refractivity contribution < 1.29 is 9.90 Å². The fraction of sp³-hybridized carbons (Fsp3) is 0.0833. The minimum Gasteiger partial charge on any atom is -0.544 e. The molecule has 1 aromatic carbocycles. The molecule has 0 amide bonds. The van der Waals surface area contributed by atoms with Gasteiger partial charge in [0.25, 0.3) is 0 Å². The number of rotatable bonds is 3. The Bertz CT molecular complexity index is 546. The number of thioether (sulfide) groups is 1. The van der Waals surface area contributed by atoms with Crippen LogP contribution in [0.1, 0.15) is 9.67 Å². The molecule has 0 atom stereocenters. The summed E-state index contributed by atoms with van der Waals surface area (Å²) in [6, 6.07) is 8.96. The third-order valence-electron chi connectivity index (χ3n) is 2.25. The van der Waals surface area contributed by atoms with Crippen LogP contribution in [0, 0.1) is 0 Å². The SMILES string of the molecule is CSc1cc(-c2ccc(Cl)cc2)c(C(=O)[O-])s1. The lowest BCUT2D eigenvalue weighted by Gasteiger charge is -2.04. The highest BCUT2D eigenvalue weighted by atomic mass is 35.5. The number of halogens is 1. The first kappa shape index (κ1) is 12.5. The second-order valence-electron chi connectivity index (χ2n) is 3.31. The topological polar surface area (TPSA) is 40.1 Å². The van der Waals surface area contributed by atoms with Crippen molar-refractivity contribution in [1.29, 1.82) is 0 Å². The van der Waals surface area contributed by atoms with Crippen LogP contribution in [-0.2, 0) is 0 Å². The number of benzene rings is 1. The molecule has 2 aromatic rings. The van der Waals surface area contributed by atoms with Gasteiger partial charge in [0.2, 0.25) is 0 Å². The van der Waals surface area contributed by atoms with E-state index in [0.717, 1.165) is 9.77 Å². The van der Waals surface area contributed by atoms with Crippen LogP contribution >= 0.6 is 34.7 Å². The van der Waals surface area contributed by atoms with E-state index in [1.54, 1.807) is 24.3 Å². The van der Waals surface area contributed by atoms with Gasteiger partial charge in [0.1, 0.15) is 0 Å². The summed E-state index contributed by atoms with van der Waals surface area (Å²) in [5.74, 6) is -1.14. The summed E-state index contributed by atoms with van der Waals surface area (Å²) in [5, 5.41) is 11.7. The fourth-order valence-electron chi connectivity index (χ4n) is 1.46. The van der Waals surface area contributed by atoms with Crippen LogP contribution < -0.4 is 5.11 Å². The van der Waals surface area contributed by atoms with Gasteiger partial charge in [-0.3, -0.25) is 0 Å². The third kappa shape index (κ3) is 2.65. The summed E-state index contributed by atoms with van der Waals surface area (Å²) in [7, 11) is 0. The predicted octanol–water partition coefficient (Wildman–Crippen LogP) is 3.15. The van der Waals surface area contributed by atoms with Gasteiger partial charge in [-0.05, 0) is 30.0 Å². The van der Waals surface area contributed by atoms with Gasteiger partial charge in [0.05, 0.1) is 15.1 Å². The highest BCUT2D eigenvalue weighted by Gasteiger charge is 2.11. The van der Waals surface area contributed by atoms with E-state index in [1.165, 1.54) is 23.1 Å². The number of carboxylic acid groups (broad SMARTS) is 1. The molecule has 0 radical (unpaired) electrons. The molecule has 0 bridgehead atoms. The Kier molecular flexibility index (Phi) is 3.76.